The van der Waals surface area contributed by atoms with Crippen molar-refractivity contribution < 1.29 is 9.13 Å². The van der Waals surface area contributed by atoms with Gasteiger partial charge in [-0.1, -0.05) is 12.1 Å². The number of halogens is 1. The van der Waals surface area contributed by atoms with Gasteiger partial charge in [-0.2, -0.15) is 0 Å². The maximum atomic E-state index is 13.3. The van der Waals surface area contributed by atoms with Crippen LogP contribution in [0.2, 0.25) is 0 Å². The van der Waals surface area contributed by atoms with Crippen LogP contribution in [0.15, 0.2) is 48.8 Å². The molecule has 3 aromatic rings. The molecular weight excluding hydrogens is 359 g/mol. The molecule has 8 heteroatoms. The predicted octanol–water partition coefficient (Wildman–Crippen LogP) is 2.39. The van der Waals surface area contributed by atoms with Gasteiger partial charge >= 0.3 is 0 Å². The van der Waals surface area contributed by atoms with Crippen molar-refractivity contribution in [3.05, 3.63) is 65.7 Å². The van der Waals surface area contributed by atoms with Gasteiger partial charge in [0.2, 0.25) is 0 Å². The summed E-state index contributed by atoms with van der Waals surface area (Å²) in [6.07, 6.45) is 3.70. The minimum atomic E-state index is -0.215. The topological polar surface area (TPSA) is 76.9 Å². The first-order valence-corrected chi connectivity index (χ1v) is 9.37. The van der Waals surface area contributed by atoms with Crippen LogP contribution in [0.25, 0.3) is 5.69 Å². The van der Waals surface area contributed by atoms with E-state index in [4.69, 9.17) is 4.74 Å². The first-order valence-electron chi connectivity index (χ1n) is 9.37. The van der Waals surface area contributed by atoms with Crippen molar-refractivity contribution in [1.82, 2.24) is 30.8 Å². The fourth-order valence-electron chi connectivity index (χ4n) is 3.69. The highest BCUT2D eigenvalue weighted by Gasteiger charge is 2.26. The molecule has 28 heavy (non-hydrogen) atoms. The fourth-order valence-corrected chi connectivity index (χ4v) is 3.69. The molecule has 1 saturated heterocycles. The van der Waals surface area contributed by atoms with Crippen molar-refractivity contribution in [3.63, 3.8) is 0 Å². The number of methoxy groups -OCH3 is 1. The summed E-state index contributed by atoms with van der Waals surface area (Å²) in [5.41, 5.74) is 2.99. The van der Waals surface area contributed by atoms with Crippen molar-refractivity contribution >= 4 is 0 Å². The molecule has 0 spiro atoms. The first kappa shape index (κ1) is 18.5. The normalized spacial score (nSPS) is 19.5. The van der Waals surface area contributed by atoms with Crippen LogP contribution < -0.4 is 15.4 Å². The Morgan fingerprint density at radius 2 is 2.11 bits per heavy atom. The third-order valence-electron chi connectivity index (χ3n) is 5.12. The zero-order chi connectivity index (χ0) is 19.3. The molecule has 1 aliphatic rings. The average molecular weight is 382 g/mol. The largest absolute Gasteiger partial charge is 0.496 e. The molecule has 1 aliphatic heterocycles. The number of hydrogen-bond donors (Lipinski definition) is 2. The Kier molecular flexibility index (Phi) is 5.59. The molecule has 1 fully saturated rings. The molecule has 2 heterocycles. The molecule has 0 saturated carbocycles. The zero-order valence-corrected chi connectivity index (χ0v) is 15.7. The van der Waals surface area contributed by atoms with E-state index in [9.17, 15) is 4.39 Å². The highest BCUT2D eigenvalue weighted by Crippen LogP contribution is 2.26. The molecule has 0 amide bonds. The summed E-state index contributed by atoms with van der Waals surface area (Å²) in [5.74, 6) is 0.597. The molecule has 0 aliphatic carbocycles. The van der Waals surface area contributed by atoms with Crippen LogP contribution in [0.4, 0.5) is 4.39 Å². The minimum absolute atomic E-state index is 0.142. The van der Waals surface area contributed by atoms with Crippen LogP contribution in [-0.4, -0.2) is 39.9 Å². The summed E-state index contributed by atoms with van der Waals surface area (Å²) in [4.78, 5) is 0. The molecule has 2 N–H and O–H groups in total. The third-order valence-corrected chi connectivity index (χ3v) is 5.12. The second kappa shape index (κ2) is 8.45. The SMILES string of the molecule is COc1ccc(-n2cnnn2)cc1CN[C@H]1CCCN[C@H]1c1ccc(F)cc1. The molecule has 4 rings (SSSR count). The molecule has 0 unspecified atom stereocenters. The molecular formula is C20H23FN6O. The van der Waals surface area contributed by atoms with E-state index in [1.54, 1.807) is 18.1 Å². The highest BCUT2D eigenvalue weighted by atomic mass is 19.1. The molecule has 2 aromatic carbocycles. The molecule has 0 bridgehead atoms. The van der Waals surface area contributed by atoms with Gasteiger partial charge in [0, 0.05) is 24.2 Å². The van der Waals surface area contributed by atoms with E-state index in [0.29, 0.717) is 6.54 Å². The lowest BCUT2D eigenvalue weighted by Crippen LogP contribution is -2.45. The molecule has 7 nitrogen and oxygen atoms in total. The maximum absolute atomic E-state index is 13.3. The fraction of sp³-hybridized carbons (Fsp3) is 0.350. The van der Waals surface area contributed by atoms with Gasteiger partial charge in [0.25, 0.3) is 0 Å². The second-order valence-corrected chi connectivity index (χ2v) is 6.86. The number of rotatable bonds is 6. The van der Waals surface area contributed by atoms with Crippen molar-refractivity contribution in [2.75, 3.05) is 13.7 Å². The molecule has 0 radical (unpaired) electrons. The van der Waals surface area contributed by atoms with Gasteiger partial charge in [0.15, 0.2) is 0 Å². The average Bonchev–Trinajstić information content (AvgIpc) is 3.28. The summed E-state index contributed by atoms with van der Waals surface area (Å²) in [6.45, 7) is 1.60. The Balaban J connectivity index is 1.52. The van der Waals surface area contributed by atoms with Crippen LogP contribution in [0.3, 0.4) is 0 Å². The highest BCUT2D eigenvalue weighted by molar-refractivity contribution is 5.43. The van der Waals surface area contributed by atoms with Gasteiger partial charge in [-0.3, -0.25) is 0 Å². The van der Waals surface area contributed by atoms with Crippen molar-refractivity contribution in [3.8, 4) is 11.4 Å². The predicted molar refractivity (Wildman–Crippen MR) is 103 cm³/mol. The van der Waals surface area contributed by atoms with E-state index < -0.39 is 0 Å². The van der Waals surface area contributed by atoms with Crippen LogP contribution in [0.1, 0.15) is 30.0 Å². The van der Waals surface area contributed by atoms with E-state index in [0.717, 1.165) is 42.0 Å². The van der Waals surface area contributed by atoms with Gasteiger partial charge in [0.1, 0.15) is 17.9 Å². The quantitative estimate of drug-likeness (QED) is 0.682. The number of nitrogens with zero attached hydrogens (tertiary/aromatic N) is 4. The number of nitrogens with one attached hydrogen (secondary N) is 2. The summed E-state index contributed by atoms with van der Waals surface area (Å²) >= 11 is 0. The number of tetrazole rings is 1. The smallest absolute Gasteiger partial charge is 0.143 e. The molecule has 2 atom stereocenters. The van der Waals surface area contributed by atoms with E-state index in [1.807, 2.05) is 30.3 Å². The zero-order valence-electron chi connectivity index (χ0n) is 15.7. The lowest BCUT2D eigenvalue weighted by atomic mass is 9.92. The molecule has 146 valence electrons. The number of benzene rings is 2. The van der Waals surface area contributed by atoms with Gasteiger partial charge in [-0.05, 0) is 65.7 Å². The lowest BCUT2D eigenvalue weighted by Gasteiger charge is -2.34. The maximum Gasteiger partial charge on any atom is 0.143 e. The summed E-state index contributed by atoms with van der Waals surface area (Å²) in [7, 11) is 1.67. The summed E-state index contributed by atoms with van der Waals surface area (Å²) in [6, 6.07) is 13.0. The van der Waals surface area contributed by atoms with Crippen LogP contribution in [-0.2, 0) is 6.54 Å². The van der Waals surface area contributed by atoms with E-state index >= 15 is 0 Å². The van der Waals surface area contributed by atoms with Crippen LogP contribution in [0.5, 0.6) is 5.75 Å². The van der Waals surface area contributed by atoms with Gasteiger partial charge in [-0.15, -0.1) is 5.10 Å². The number of piperidine rings is 1. The van der Waals surface area contributed by atoms with Crippen molar-refractivity contribution in [2.45, 2.75) is 31.5 Å². The van der Waals surface area contributed by atoms with E-state index in [1.165, 1.54) is 12.1 Å². The molecule has 1 aromatic heterocycles. The lowest BCUT2D eigenvalue weighted by molar-refractivity contribution is 0.302. The van der Waals surface area contributed by atoms with E-state index in [-0.39, 0.29) is 17.9 Å². The van der Waals surface area contributed by atoms with E-state index in [2.05, 4.69) is 26.2 Å². The van der Waals surface area contributed by atoms with Gasteiger partial charge in [-0.25, -0.2) is 9.07 Å². The van der Waals surface area contributed by atoms with Gasteiger partial charge < -0.3 is 15.4 Å². The first-order chi connectivity index (χ1) is 13.7. The Morgan fingerprint density at radius 3 is 2.86 bits per heavy atom. The Morgan fingerprint density at radius 1 is 1.25 bits per heavy atom. The van der Waals surface area contributed by atoms with Crippen molar-refractivity contribution in [2.24, 2.45) is 0 Å². The Labute approximate surface area is 162 Å². The standard InChI is InChI=1S/C20H23FN6O/c1-28-19-9-8-17(27-13-24-25-26-27)11-15(19)12-23-18-3-2-10-22-20(18)14-4-6-16(21)7-5-14/h4-9,11,13,18,20,22-23H,2-3,10,12H2,1H3/t18-,20-/m0/s1. The Hall–Kier alpha value is -2.84. The summed E-state index contributed by atoms with van der Waals surface area (Å²) in [5, 5.41) is 18.5. The number of ether oxygens (including phenoxy) is 1. The minimum Gasteiger partial charge on any atom is -0.496 e. The van der Waals surface area contributed by atoms with Crippen LogP contribution in [0, 0.1) is 5.82 Å². The number of hydrogen-bond acceptors (Lipinski definition) is 6. The monoisotopic (exact) mass is 382 g/mol. The second-order valence-electron chi connectivity index (χ2n) is 6.86. The summed E-state index contributed by atoms with van der Waals surface area (Å²) < 4.78 is 20.4. The van der Waals surface area contributed by atoms with Crippen LogP contribution >= 0.6 is 0 Å². The Bertz CT molecular complexity index is 900. The number of aromatic nitrogens is 4. The van der Waals surface area contributed by atoms with Crippen molar-refractivity contribution in [1.29, 1.82) is 0 Å². The van der Waals surface area contributed by atoms with Gasteiger partial charge in [0.05, 0.1) is 12.8 Å². The third kappa shape index (κ3) is 4.02.